The van der Waals surface area contributed by atoms with Crippen LogP contribution in [0.3, 0.4) is 0 Å². The molecule has 0 atom stereocenters. The molecule has 0 aliphatic rings. The summed E-state index contributed by atoms with van der Waals surface area (Å²) in [5, 5.41) is 6.30. The summed E-state index contributed by atoms with van der Waals surface area (Å²) in [7, 11) is 2.03. The van der Waals surface area contributed by atoms with Crippen LogP contribution >= 0.6 is 0 Å². The monoisotopic (exact) mass is 421 g/mol. The summed E-state index contributed by atoms with van der Waals surface area (Å²) in [6.45, 7) is -0.339. The molecule has 10 heteroatoms. The minimum absolute atomic E-state index is 0.0544. The molecule has 0 aromatic heterocycles. The van der Waals surface area contributed by atoms with E-state index in [9.17, 15) is 13.2 Å². The van der Waals surface area contributed by atoms with Gasteiger partial charge >= 0.3 is 0 Å². The fraction of sp³-hybridized carbons (Fsp3) is 0.263. The van der Waals surface area contributed by atoms with Crippen LogP contribution < -0.4 is 14.8 Å². The molecule has 0 fully saturated rings. The Morgan fingerprint density at radius 1 is 1.10 bits per heavy atom. The van der Waals surface area contributed by atoms with Crippen molar-refractivity contribution < 1.29 is 27.5 Å². The van der Waals surface area contributed by atoms with E-state index in [-0.39, 0.29) is 17.3 Å². The molecule has 9 nitrogen and oxygen atoms in total. The second-order valence-electron chi connectivity index (χ2n) is 5.98. The van der Waals surface area contributed by atoms with E-state index in [2.05, 4.69) is 10.5 Å². The van der Waals surface area contributed by atoms with E-state index in [1.165, 1.54) is 45.6 Å². The number of benzene rings is 2. The number of amides is 1. The van der Waals surface area contributed by atoms with Crippen molar-refractivity contribution in [1.29, 1.82) is 0 Å². The fourth-order valence-electron chi connectivity index (χ4n) is 2.23. The van der Waals surface area contributed by atoms with Gasteiger partial charge < -0.3 is 19.6 Å². The molecule has 0 saturated heterocycles. The quantitative estimate of drug-likeness (QED) is 0.490. The van der Waals surface area contributed by atoms with Crippen LogP contribution in [0.5, 0.6) is 11.5 Å². The lowest BCUT2D eigenvalue weighted by Gasteiger charge is -2.15. The Balaban J connectivity index is 1.98. The largest absolute Gasteiger partial charge is 0.497 e. The third-order valence-electron chi connectivity index (χ3n) is 3.79. The lowest BCUT2D eigenvalue weighted by atomic mass is 10.2. The van der Waals surface area contributed by atoms with Gasteiger partial charge in [0.1, 0.15) is 16.4 Å². The molecule has 0 spiro atoms. The highest BCUT2D eigenvalue weighted by atomic mass is 32.2. The second-order valence-corrected chi connectivity index (χ2v) is 8.10. The van der Waals surface area contributed by atoms with E-state index in [0.29, 0.717) is 5.69 Å². The molecule has 0 heterocycles. The van der Waals surface area contributed by atoms with Crippen molar-refractivity contribution in [3.05, 3.63) is 48.0 Å². The van der Waals surface area contributed by atoms with Gasteiger partial charge in [-0.05, 0) is 48.0 Å². The number of nitrogens with zero attached hydrogens (tertiary/aromatic N) is 2. The first kappa shape index (κ1) is 22.2. The highest BCUT2D eigenvalue weighted by molar-refractivity contribution is 7.89. The standard InChI is InChI=1S/C19H23N3O6S/c1-22(2)29(24,25)18-11-15(7-10-17(18)27-4)21-19(23)13-28-20-12-14-5-8-16(26-3)9-6-14/h5-12H,13H2,1-4H3,(H,21,23)/b20-12-. The number of anilines is 1. The minimum Gasteiger partial charge on any atom is -0.497 e. The van der Waals surface area contributed by atoms with Gasteiger partial charge in [-0.15, -0.1) is 0 Å². The Morgan fingerprint density at radius 3 is 2.38 bits per heavy atom. The zero-order valence-corrected chi connectivity index (χ0v) is 17.4. The first-order chi connectivity index (χ1) is 13.8. The third-order valence-corrected chi connectivity index (χ3v) is 5.63. The van der Waals surface area contributed by atoms with Gasteiger partial charge in [0.15, 0.2) is 6.61 Å². The summed E-state index contributed by atoms with van der Waals surface area (Å²) >= 11 is 0. The van der Waals surface area contributed by atoms with Gasteiger partial charge in [-0.1, -0.05) is 5.16 Å². The number of hydrogen-bond donors (Lipinski definition) is 1. The van der Waals surface area contributed by atoms with Crippen LogP contribution in [0, 0.1) is 0 Å². The maximum Gasteiger partial charge on any atom is 0.265 e. The van der Waals surface area contributed by atoms with E-state index >= 15 is 0 Å². The number of carbonyl (C=O) groups excluding carboxylic acids is 1. The molecule has 0 aliphatic heterocycles. The molecule has 0 saturated carbocycles. The molecule has 1 N–H and O–H groups in total. The number of carbonyl (C=O) groups is 1. The van der Waals surface area contributed by atoms with E-state index in [1.807, 2.05) is 0 Å². The van der Waals surface area contributed by atoms with E-state index in [0.717, 1.165) is 15.6 Å². The van der Waals surface area contributed by atoms with Gasteiger partial charge in [0.2, 0.25) is 10.0 Å². The van der Waals surface area contributed by atoms with Gasteiger partial charge in [0, 0.05) is 19.8 Å². The Morgan fingerprint density at radius 2 is 1.79 bits per heavy atom. The molecule has 0 unspecified atom stereocenters. The zero-order valence-electron chi connectivity index (χ0n) is 16.6. The predicted octanol–water partition coefficient (Wildman–Crippen LogP) is 1.94. The molecule has 29 heavy (non-hydrogen) atoms. The van der Waals surface area contributed by atoms with Crippen LogP contribution in [0.2, 0.25) is 0 Å². The fourth-order valence-corrected chi connectivity index (χ4v) is 3.31. The van der Waals surface area contributed by atoms with Crippen molar-refractivity contribution >= 4 is 27.8 Å². The summed E-state index contributed by atoms with van der Waals surface area (Å²) in [6.07, 6.45) is 1.46. The average Bonchev–Trinajstić information content (AvgIpc) is 2.71. The van der Waals surface area contributed by atoms with Gasteiger partial charge in [-0.25, -0.2) is 12.7 Å². The number of hydrogen-bond acceptors (Lipinski definition) is 7. The smallest absolute Gasteiger partial charge is 0.265 e. The van der Waals surface area contributed by atoms with Crippen molar-refractivity contribution in [2.45, 2.75) is 4.90 Å². The normalized spacial score (nSPS) is 11.5. The van der Waals surface area contributed by atoms with Crippen molar-refractivity contribution in [2.24, 2.45) is 5.16 Å². The topological polar surface area (TPSA) is 107 Å². The maximum absolute atomic E-state index is 12.4. The van der Waals surface area contributed by atoms with Crippen molar-refractivity contribution in [3.8, 4) is 11.5 Å². The molecule has 0 radical (unpaired) electrons. The number of oxime groups is 1. The Labute approximate surface area is 169 Å². The molecule has 0 bridgehead atoms. The number of sulfonamides is 1. The minimum atomic E-state index is -3.74. The molecule has 2 aromatic carbocycles. The first-order valence-corrected chi connectivity index (χ1v) is 9.91. The SMILES string of the molecule is COc1ccc(/C=N\OCC(=O)Nc2ccc(OC)c(S(=O)(=O)N(C)C)c2)cc1. The Hall–Kier alpha value is -3.11. The van der Waals surface area contributed by atoms with Gasteiger partial charge in [-0.2, -0.15) is 0 Å². The van der Waals surface area contributed by atoms with Crippen LogP contribution in [-0.2, 0) is 19.7 Å². The van der Waals surface area contributed by atoms with Crippen molar-refractivity contribution in [3.63, 3.8) is 0 Å². The van der Waals surface area contributed by atoms with Gasteiger partial charge in [-0.3, -0.25) is 4.79 Å². The van der Waals surface area contributed by atoms with E-state index in [1.54, 1.807) is 31.4 Å². The van der Waals surface area contributed by atoms with Gasteiger partial charge in [0.05, 0.1) is 20.4 Å². The number of rotatable bonds is 9. The van der Waals surface area contributed by atoms with Crippen molar-refractivity contribution in [1.82, 2.24) is 4.31 Å². The second kappa shape index (κ2) is 9.89. The summed E-state index contributed by atoms with van der Waals surface area (Å²) in [5.74, 6) is 0.407. The maximum atomic E-state index is 12.4. The van der Waals surface area contributed by atoms with Crippen LogP contribution in [0.15, 0.2) is 52.5 Å². The number of nitrogens with one attached hydrogen (secondary N) is 1. The summed E-state index contributed by atoms with van der Waals surface area (Å²) < 4.78 is 36.1. The zero-order chi connectivity index (χ0) is 21.4. The molecular formula is C19H23N3O6S. The molecule has 156 valence electrons. The highest BCUT2D eigenvalue weighted by Gasteiger charge is 2.23. The van der Waals surface area contributed by atoms with Crippen LogP contribution in [0.4, 0.5) is 5.69 Å². The lowest BCUT2D eigenvalue weighted by molar-refractivity contribution is -0.120. The molecular weight excluding hydrogens is 398 g/mol. The predicted molar refractivity (Wildman–Crippen MR) is 109 cm³/mol. The Kier molecular flexibility index (Phi) is 7.57. The van der Waals surface area contributed by atoms with Crippen LogP contribution in [0.1, 0.15) is 5.56 Å². The summed E-state index contributed by atoms with van der Waals surface area (Å²) in [6, 6.07) is 11.5. The highest BCUT2D eigenvalue weighted by Crippen LogP contribution is 2.28. The molecule has 2 aromatic rings. The summed E-state index contributed by atoms with van der Waals surface area (Å²) in [5.41, 5.74) is 1.07. The number of ether oxygens (including phenoxy) is 2. The average molecular weight is 421 g/mol. The first-order valence-electron chi connectivity index (χ1n) is 8.47. The third kappa shape index (κ3) is 5.93. The van der Waals surface area contributed by atoms with Crippen LogP contribution in [-0.4, -0.2) is 59.8 Å². The molecule has 1 amide bonds. The molecule has 2 rings (SSSR count). The van der Waals surface area contributed by atoms with Crippen LogP contribution in [0.25, 0.3) is 0 Å². The van der Waals surface area contributed by atoms with Crippen molar-refractivity contribution in [2.75, 3.05) is 40.2 Å². The van der Waals surface area contributed by atoms with Gasteiger partial charge in [0.25, 0.3) is 5.91 Å². The molecule has 0 aliphatic carbocycles. The summed E-state index contributed by atoms with van der Waals surface area (Å²) in [4.78, 5) is 17.0. The van der Waals surface area contributed by atoms with E-state index < -0.39 is 15.9 Å². The number of methoxy groups -OCH3 is 2. The lowest BCUT2D eigenvalue weighted by Crippen LogP contribution is -2.23. The Bertz CT molecular complexity index is 972. The van der Waals surface area contributed by atoms with E-state index in [4.69, 9.17) is 14.3 Å².